The number of rotatable bonds is 1. The van der Waals surface area contributed by atoms with Crippen LogP contribution in [0.5, 0.6) is 0 Å². The lowest BCUT2D eigenvalue weighted by Gasteiger charge is -2.14. The minimum absolute atomic E-state index is 0.579. The lowest BCUT2D eigenvalue weighted by Crippen LogP contribution is -2.18. The number of nitrogens with zero attached hydrogens (tertiary/aromatic N) is 2. The van der Waals surface area contributed by atoms with Crippen molar-refractivity contribution < 1.29 is 5.11 Å². The molecule has 1 N–H and O–H groups in total. The Morgan fingerprint density at radius 2 is 2.36 bits per heavy atom. The van der Waals surface area contributed by atoms with Crippen molar-refractivity contribution in [2.75, 3.05) is 0 Å². The zero-order chi connectivity index (χ0) is 8.32. The Balaban J connectivity index is 3.05. The van der Waals surface area contributed by atoms with E-state index < -0.39 is 5.60 Å². The van der Waals surface area contributed by atoms with Gasteiger partial charge in [0.05, 0.1) is 6.20 Å². The van der Waals surface area contributed by atoms with Crippen molar-refractivity contribution in [1.29, 1.82) is 0 Å². The minimum atomic E-state index is -1.24. The third kappa shape index (κ3) is 1.54. The monoisotopic (exact) mass is 148 g/mol. The molecule has 1 aromatic heterocycles. The highest BCUT2D eigenvalue weighted by Crippen LogP contribution is 2.16. The summed E-state index contributed by atoms with van der Waals surface area (Å²) >= 11 is 0. The van der Waals surface area contributed by atoms with Gasteiger partial charge in [0.2, 0.25) is 0 Å². The Morgan fingerprint density at radius 1 is 1.64 bits per heavy atom. The third-order valence-corrected chi connectivity index (χ3v) is 1.43. The number of hydrogen-bond acceptors (Lipinski definition) is 3. The lowest BCUT2D eigenvalue weighted by molar-refractivity contribution is 0.122. The Labute approximate surface area is 65.1 Å². The van der Waals surface area contributed by atoms with Crippen LogP contribution in [0.4, 0.5) is 0 Å². The van der Waals surface area contributed by atoms with Crippen LogP contribution in [0.15, 0.2) is 18.5 Å². The lowest BCUT2D eigenvalue weighted by atomic mass is 10.00. The largest absolute Gasteiger partial charge is 0.374 e. The maximum Gasteiger partial charge on any atom is 0.149 e. The van der Waals surface area contributed by atoms with Gasteiger partial charge in [0.25, 0.3) is 0 Å². The SMILES string of the molecule is C#CC(C)(O)c1ccnnc1. The average molecular weight is 148 g/mol. The smallest absolute Gasteiger partial charge is 0.149 e. The molecule has 56 valence electrons. The van der Waals surface area contributed by atoms with E-state index in [1.54, 1.807) is 6.07 Å². The highest BCUT2D eigenvalue weighted by Gasteiger charge is 2.18. The van der Waals surface area contributed by atoms with Crippen molar-refractivity contribution in [2.45, 2.75) is 12.5 Å². The van der Waals surface area contributed by atoms with Gasteiger partial charge >= 0.3 is 0 Å². The fraction of sp³-hybridized carbons (Fsp3) is 0.250. The molecule has 0 aliphatic heterocycles. The fourth-order valence-corrected chi connectivity index (χ4v) is 0.662. The predicted molar refractivity (Wildman–Crippen MR) is 40.4 cm³/mol. The highest BCUT2D eigenvalue weighted by molar-refractivity contribution is 5.24. The van der Waals surface area contributed by atoms with Crippen LogP contribution in [0.1, 0.15) is 12.5 Å². The van der Waals surface area contributed by atoms with Crippen molar-refractivity contribution in [3.63, 3.8) is 0 Å². The Hall–Kier alpha value is -1.40. The van der Waals surface area contributed by atoms with Gasteiger partial charge in [-0.3, -0.25) is 0 Å². The molecule has 1 atom stereocenters. The Morgan fingerprint density at radius 3 is 2.82 bits per heavy atom. The first-order valence-electron chi connectivity index (χ1n) is 3.14. The van der Waals surface area contributed by atoms with E-state index >= 15 is 0 Å². The summed E-state index contributed by atoms with van der Waals surface area (Å²) in [4.78, 5) is 0. The molecule has 0 aliphatic carbocycles. The highest BCUT2D eigenvalue weighted by atomic mass is 16.3. The van der Waals surface area contributed by atoms with Gasteiger partial charge < -0.3 is 5.11 Å². The molecule has 1 aromatic rings. The molecule has 0 aliphatic rings. The van der Waals surface area contributed by atoms with Crippen molar-refractivity contribution in [3.05, 3.63) is 24.0 Å². The summed E-state index contributed by atoms with van der Waals surface area (Å²) in [5, 5.41) is 16.6. The topological polar surface area (TPSA) is 46.0 Å². The van der Waals surface area contributed by atoms with Gasteiger partial charge in [-0.15, -0.1) is 6.42 Å². The van der Waals surface area contributed by atoms with Crippen LogP contribution in [0.3, 0.4) is 0 Å². The van der Waals surface area contributed by atoms with Crippen molar-refractivity contribution in [1.82, 2.24) is 10.2 Å². The number of aliphatic hydroxyl groups is 1. The second-order valence-electron chi connectivity index (χ2n) is 2.35. The maximum absolute atomic E-state index is 9.49. The molecule has 0 spiro atoms. The predicted octanol–water partition coefficient (Wildman–Crippen LogP) is 0.317. The Bertz CT molecular complexity index is 274. The quantitative estimate of drug-likeness (QED) is 0.583. The summed E-state index contributed by atoms with van der Waals surface area (Å²) < 4.78 is 0. The third-order valence-electron chi connectivity index (χ3n) is 1.43. The van der Waals surface area contributed by atoms with Crippen LogP contribution in [0, 0.1) is 12.3 Å². The molecule has 1 rings (SSSR count). The van der Waals surface area contributed by atoms with Crippen LogP contribution in [0.25, 0.3) is 0 Å². The van der Waals surface area contributed by atoms with Gasteiger partial charge in [-0.25, -0.2) is 0 Å². The second-order valence-corrected chi connectivity index (χ2v) is 2.35. The van der Waals surface area contributed by atoms with Crippen LogP contribution in [-0.4, -0.2) is 15.3 Å². The molecule has 11 heavy (non-hydrogen) atoms. The normalized spacial score (nSPS) is 15.0. The molecule has 0 saturated carbocycles. The zero-order valence-electron chi connectivity index (χ0n) is 6.15. The van der Waals surface area contributed by atoms with E-state index in [0.29, 0.717) is 5.56 Å². The first-order chi connectivity index (χ1) is 5.17. The van der Waals surface area contributed by atoms with E-state index in [2.05, 4.69) is 16.1 Å². The van der Waals surface area contributed by atoms with E-state index in [1.807, 2.05) is 0 Å². The molecule has 3 nitrogen and oxygen atoms in total. The van der Waals surface area contributed by atoms with Crippen LogP contribution >= 0.6 is 0 Å². The summed E-state index contributed by atoms with van der Waals surface area (Å²) in [5.41, 5.74) is -0.661. The molecule has 0 bridgehead atoms. The fourth-order valence-electron chi connectivity index (χ4n) is 0.662. The van der Waals surface area contributed by atoms with Crippen molar-refractivity contribution in [2.24, 2.45) is 0 Å². The molecule has 1 unspecified atom stereocenters. The van der Waals surface area contributed by atoms with Crippen molar-refractivity contribution in [3.8, 4) is 12.3 Å². The van der Waals surface area contributed by atoms with E-state index in [9.17, 15) is 5.11 Å². The average Bonchev–Trinajstić information content (AvgIpc) is 2.06. The molecule has 0 aromatic carbocycles. The molecule has 0 radical (unpaired) electrons. The van der Waals surface area contributed by atoms with Crippen LogP contribution in [0.2, 0.25) is 0 Å². The number of terminal acetylenes is 1. The molecule has 3 heteroatoms. The molecular weight excluding hydrogens is 140 g/mol. The van der Waals surface area contributed by atoms with E-state index in [-0.39, 0.29) is 0 Å². The van der Waals surface area contributed by atoms with Gasteiger partial charge in [0.1, 0.15) is 5.60 Å². The minimum Gasteiger partial charge on any atom is -0.374 e. The van der Waals surface area contributed by atoms with E-state index in [1.165, 1.54) is 19.3 Å². The van der Waals surface area contributed by atoms with E-state index in [4.69, 9.17) is 6.42 Å². The molecule has 0 amide bonds. The molecule has 0 fully saturated rings. The van der Waals surface area contributed by atoms with E-state index in [0.717, 1.165) is 0 Å². The van der Waals surface area contributed by atoms with Crippen LogP contribution < -0.4 is 0 Å². The number of hydrogen-bond donors (Lipinski definition) is 1. The molecule has 1 heterocycles. The first kappa shape index (κ1) is 7.70. The Kier molecular flexibility index (Phi) is 1.88. The van der Waals surface area contributed by atoms with Gasteiger partial charge in [-0.1, -0.05) is 5.92 Å². The molecular formula is C8H8N2O. The maximum atomic E-state index is 9.49. The van der Waals surface area contributed by atoms with Gasteiger partial charge in [0.15, 0.2) is 0 Å². The van der Waals surface area contributed by atoms with Gasteiger partial charge in [0, 0.05) is 11.8 Å². The summed E-state index contributed by atoms with van der Waals surface area (Å²) in [5.74, 6) is 2.25. The summed E-state index contributed by atoms with van der Waals surface area (Å²) in [6, 6.07) is 1.63. The van der Waals surface area contributed by atoms with Gasteiger partial charge in [-0.2, -0.15) is 10.2 Å². The zero-order valence-corrected chi connectivity index (χ0v) is 6.15. The van der Waals surface area contributed by atoms with Crippen LogP contribution in [-0.2, 0) is 5.60 Å². The standard InChI is InChI=1S/C8H8N2O/c1-3-8(2,11)7-4-5-9-10-6-7/h1,4-6,11H,2H3. The summed E-state index contributed by atoms with van der Waals surface area (Å²) in [7, 11) is 0. The van der Waals surface area contributed by atoms with Gasteiger partial charge in [-0.05, 0) is 13.0 Å². The first-order valence-corrected chi connectivity index (χ1v) is 3.14. The summed E-state index contributed by atoms with van der Waals surface area (Å²) in [6.07, 6.45) is 8.02. The number of aromatic nitrogens is 2. The van der Waals surface area contributed by atoms with Crippen molar-refractivity contribution >= 4 is 0 Å². The molecule has 0 saturated heterocycles. The second kappa shape index (κ2) is 2.69. The summed E-state index contributed by atoms with van der Waals surface area (Å²) in [6.45, 7) is 1.53.